The minimum Gasteiger partial charge on any atom is -0.493 e. The van der Waals surface area contributed by atoms with Crippen LogP contribution in [0, 0.1) is 11.2 Å². The summed E-state index contributed by atoms with van der Waals surface area (Å²) in [6, 6.07) is 8.26. The zero-order chi connectivity index (χ0) is 24.1. The molecular weight excluding hydrogens is 439 g/mol. The van der Waals surface area contributed by atoms with Crippen LogP contribution in [-0.4, -0.2) is 41.4 Å². The fourth-order valence-electron chi connectivity index (χ4n) is 4.75. The second kappa shape index (κ2) is 7.89. The first-order chi connectivity index (χ1) is 16.1. The molecule has 1 aromatic heterocycles. The maximum absolute atomic E-state index is 13.2. The number of hydrogen-bond acceptors (Lipinski definition) is 7. The van der Waals surface area contributed by atoms with Crippen LogP contribution in [0.2, 0.25) is 0 Å². The van der Waals surface area contributed by atoms with E-state index in [0.29, 0.717) is 24.9 Å². The monoisotopic (exact) mass is 466 g/mol. The maximum atomic E-state index is 13.2. The van der Waals surface area contributed by atoms with Crippen molar-refractivity contribution in [1.82, 2.24) is 4.98 Å². The molecule has 3 heterocycles. The number of rotatable bonds is 5. The number of hydrogen-bond donors (Lipinski definition) is 0. The van der Waals surface area contributed by atoms with E-state index in [1.807, 2.05) is 39.0 Å². The van der Waals surface area contributed by atoms with Crippen molar-refractivity contribution in [2.75, 3.05) is 13.2 Å². The summed E-state index contributed by atoms with van der Waals surface area (Å²) in [4.78, 5) is 33.9. The molecule has 2 aromatic rings. The lowest BCUT2D eigenvalue weighted by molar-refractivity contribution is -0.153. The van der Waals surface area contributed by atoms with E-state index in [4.69, 9.17) is 19.2 Å². The molecule has 0 radical (unpaired) electrons. The van der Waals surface area contributed by atoms with Crippen LogP contribution in [0.5, 0.6) is 5.75 Å². The summed E-state index contributed by atoms with van der Waals surface area (Å²) in [5.41, 5.74) is 0.435. The van der Waals surface area contributed by atoms with Gasteiger partial charge in [-0.15, -0.1) is 0 Å². The highest BCUT2D eigenvalue weighted by molar-refractivity contribution is 5.96. The van der Waals surface area contributed by atoms with Crippen LogP contribution in [0.25, 0.3) is 0 Å². The number of benzene rings is 1. The van der Waals surface area contributed by atoms with Crippen LogP contribution in [0.3, 0.4) is 0 Å². The number of carbonyl (C=O) groups is 2. The van der Waals surface area contributed by atoms with Gasteiger partial charge in [0, 0.05) is 17.4 Å². The van der Waals surface area contributed by atoms with Gasteiger partial charge < -0.3 is 14.2 Å². The molecule has 7 nitrogen and oxygen atoms in total. The third-order valence-electron chi connectivity index (χ3n) is 6.58. The Morgan fingerprint density at radius 3 is 2.56 bits per heavy atom. The minimum absolute atomic E-state index is 0.0281. The summed E-state index contributed by atoms with van der Waals surface area (Å²) in [7, 11) is 0. The van der Waals surface area contributed by atoms with E-state index in [9.17, 15) is 14.0 Å². The summed E-state index contributed by atoms with van der Waals surface area (Å²) >= 11 is 0. The Morgan fingerprint density at radius 2 is 1.88 bits per heavy atom. The third kappa shape index (κ3) is 4.06. The largest absolute Gasteiger partial charge is 0.493 e. The third-order valence-corrected chi connectivity index (χ3v) is 6.58. The molecule has 5 rings (SSSR count). The van der Waals surface area contributed by atoms with Crippen LogP contribution in [-0.2, 0) is 26.2 Å². The Hall–Kier alpha value is -3.29. The van der Waals surface area contributed by atoms with Gasteiger partial charge in [-0.05, 0) is 63.4 Å². The maximum Gasteiger partial charge on any atom is 0.315 e. The molecule has 1 aliphatic carbocycles. The number of halogens is 1. The number of esters is 1. The molecular formula is C26H27FN2O5. The van der Waals surface area contributed by atoms with E-state index in [1.165, 1.54) is 12.1 Å². The van der Waals surface area contributed by atoms with E-state index in [2.05, 4.69) is 4.98 Å². The van der Waals surface area contributed by atoms with Gasteiger partial charge in [0.1, 0.15) is 41.4 Å². The Labute approximate surface area is 197 Å². The van der Waals surface area contributed by atoms with Gasteiger partial charge >= 0.3 is 5.97 Å². The molecule has 2 spiro atoms. The Morgan fingerprint density at radius 1 is 1.09 bits per heavy atom. The fraction of sp³-hybridized carbons (Fsp3) is 0.462. The first kappa shape index (κ1) is 22.5. The molecule has 1 fully saturated rings. The van der Waals surface area contributed by atoms with E-state index in [1.54, 1.807) is 0 Å². The van der Waals surface area contributed by atoms with Crippen molar-refractivity contribution < 1.29 is 28.2 Å². The van der Waals surface area contributed by atoms with E-state index < -0.39 is 17.0 Å². The molecule has 2 aliphatic heterocycles. The van der Waals surface area contributed by atoms with Crippen LogP contribution in [0.15, 0.2) is 41.5 Å². The lowest BCUT2D eigenvalue weighted by Crippen LogP contribution is -2.44. The van der Waals surface area contributed by atoms with Crippen LogP contribution < -0.4 is 4.74 Å². The van der Waals surface area contributed by atoms with Crippen molar-refractivity contribution in [3.63, 3.8) is 0 Å². The highest BCUT2D eigenvalue weighted by atomic mass is 19.1. The first-order valence-corrected chi connectivity index (χ1v) is 11.4. The number of fused-ring (bicyclic) bond motifs is 3. The molecule has 1 aromatic carbocycles. The summed E-state index contributed by atoms with van der Waals surface area (Å²) in [5, 5.41) is 0. The second-order valence-corrected chi connectivity index (χ2v) is 10.3. The van der Waals surface area contributed by atoms with Gasteiger partial charge in [-0.3, -0.25) is 14.6 Å². The minimum atomic E-state index is -0.662. The topological polar surface area (TPSA) is 87.1 Å². The van der Waals surface area contributed by atoms with Crippen molar-refractivity contribution in [3.8, 4) is 5.75 Å². The van der Waals surface area contributed by atoms with Gasteiger partial charge in [-0.25, -0.2) is 9.38 Å². The number of pyridine rings is 1. The summed E-state index contributed by atoms with van der Waals surface area (Å²) in [6.07, 6.45) is 3.02. The normalized spacial score (nSPS) is 21.9. The molecule has 1 atom stereocenters. The number of aliphatic imine (C=N–C) groups is 1. The van der Waals surface area contributed by atoms with Crippen LogP contribution in [0.4, 0.5) is 4.39 Å². The highest BCUT2D eigenvalue weighted by Gasteiger charge is 2.66. The smallest absolute Gasteiger partial charge is 0.315 e. The zero-order valence-corrected chi connectivity index (χ0v) is 19.5. The van der Waals surface area contributed by atoms with Gasteiger partial charge in [0.25, 0.3) is 0 Å². The molecule has 3 aliphatic rings. The van der Waals surface area contributed by atoms with Crippen LogP contribution in [0.1, 0.15) is 61.6 Å². The van der Waals surface area contributed by atoms with E-state index >= 15 is 0 Å². The van der Waals surface area contributed by atoms with Crippen molar-refractivity contribution in [2.45, 2.75) is 57.6 Å². The van der Waals surface area contributed by atoms with Crippen molar-refractivity contribution in [2.24, 2.45) is 10.4 Å². The first-order valence-electron chi connectivity index (χ1n) is 11.4. The van der Waals surface area contributed by atoms with Gasteiger partial charge in [0.2, 0.25) is 0 Å². The van der Waals surface area contributed by atoms with Gasteiger partial charge in [-0.1, -0.05) is 6.07 Å². The van der Waals surface area contributed by atoms with Gasteiger partial charge in [0.05, 0.1) is 12.8 Å². The molecule has 0 saturated heterocycles. The van der Waals surface area contributed by atoms with E-state index in [-0.39, 0.29) is 35.7 Å². The van der Waals surface area contributed by atoms with Crippen molar-refractivity contribution in [1.29, 1.82) is 0 Å². The summed E-state index contributed by atoms with van der Waals surface area (Å²) in [5.74, 6) is 0.000487. The Kier molecular flexibility index (Phi) is 5.22. The predicted octanol–water partition coefficient (Wildman–Crippen LogP) is 4.17. The molecule has 8 heteroatoms. The summed E-state index contributed by atoms with van der Waals surface area (Å²) < 4.78 is 30.6. The number of Topliss-reactive ketones (excluding diaryl/α,β-unsaturated/α-hetero) is 1. The lowest BCUT2D eigenvalue weighted by Gasteiger charge is -2.39. The molecule has 0 bridgehead atoms. The molecule has 0 N–H and O–H groups in total. The molecule has 178 valence electrons. The SMILES string of the molecule is CC(C)(C)OC(=O)CC1=NC2(CO1)c1cc(CC(=O)c3ccc(F)cn3)ccc1OCC21CC1. The highest BCUT2D eigenvalue weighted by Crippen LogP contribution is 2.65. The number of carbonyl (C=O) groups excluding carboxylic acids is 2. The Bertz CT molecular complexity index is 1180. The zero-order valence-electron chi connectivity index (χ0n) is 19.5. The number of ketones is 1. The number of ether oxygens (including phenoxy) is 3. The quantitative estimate of drug-likeness (QED) is 0.486. The summed E-state index contributed by atoms with van der Waals surface area (Å²) in [6.45, 7) is 6.31. The molecule has 1 unspecified atom stereocenters. The van der Waals surface area contributed by atoms with Gasteiger partial charge in [-0.2, -0.15) is 0 Å². The average Bonchev–Trinajstić information content (AvgIpc) is 3.44. The number of nitrogens with zero attached hydrogens (tertiary/aromatic N) is 2. The van der Waals surface area contributed by atoms with Crippen molar-refractivity contribution >= 4 is 17.7 Å². The van der Waals surface area contributed by atoms with Crippen LogP contribution >= 0.6 is 0 Å². The predicted molar refractivity (Wildman–Crippen MR) is 121 cm³/mol. The Balaban J connectivity index is 1.44. The lowest BCUT2D eigenvalue weighted by atomic mass is 9.74. The molecule has 1 saturated carbocycles. The number of aromatic nitrogens is 1. The molecule has 0 amide bonds. The molecule has 34 heavy (non-hydrogen) atoms. The average molecular weight is 467 g/mol. The van der Waals surface area contributed by atoms with Gasteiger partial charge in [0.15, 0.2) is 11.7 Å². The van der Waals surface area contributed by atoms with E-state index in [0.717, 1.165) is 30.2 Å². The van der Waals surface area contributed by atoms with Crippen molar-refractivity contribution in [3.05, 3.63) is 59.2 Å². The fourth-order valence-corrected chi connectivity index (χ4v) is 4.75. The standard InChI is InChI=1S/C26H27FN2O5/c1-24(2,3)34-23(31)12-22-29-26(15-33-22)18-10-16(4-7-21(18)32-14-25(26)8-9-25)11-20(30)19-6-5-17(27)13-28-19/h4-7,10,13H,8-9,11-12,14-15H2,1-3H3. The second-order valence-electron chi connectivity index (χ2n) is 10.3.